The molecule has 0 spiro atoms. The van der Waals surface area contributed by atoms with Crippen LogP contribution in [0.5, 0.6) is 0 Å². The van der Waals surface area contributed by atoms with E-state index in [1.165, 1.54) is 18.2 Å². The summed E-state index contributed by atoms with van der Waals surface area (Å²) in [6.07, 6.45) is -1.38. The molecule has 224 valence electrons. The Hall–Kier alpha value is -2.82. The number of hydrogen-bond donors (Lipinski definition) is 2. The second-order valence-electron chi connectivity index (χ2n) is 9.87. The molecule has 0 heterocycles. The number of aryl methyl sites for hydroxylation is 1. The smallest absolute Gasteiger partial charge is 0.352 e. The van der Waals surface area contributed by atoms with Gasteiger partial charge in [-0.1, -0.05) is 47.5 Å². The van der Waals surface area contributed by atoms with E-state index in [0.29, 0.717) is 42.7 Å². The van der Waals surface area contributed by atoms with E-state index in [2.05, 4.69) is 45.4 Å². The third-order valence-corrected chi connectivity index (χ3v) is 6.43. The van der Waals surface area contributed by atoms with Gasteiger partial charge in [-0.05, 0) is 93.0 Å². The Morgan fingerprint density at radius 2 is 1.63 bits per heavy atom. The van der Waals surface area contributed by atoms with Gasteiger partial charge in [0.25, 0.3) is 5.91 Å². The van der Waals surface area contributed by atoms with Gasteiger partial charge in [0, 0.05) is 35.7 Å². The van der Waals surface area contributed by atoms with Gasteiger partial charge in [-0.3, -0.25) is 4.79 Å². The maximum absolute atomic E-state index is 12.8. The fourth-order valence-corrected chi connectivity index (χ4v) is 4.53. The van der Waals surface area contributed by atoms with Crippen molar-refractivity contribution in [3.05, 3.63) is 105 Å². The van der Waals surface area contributed by atoms with E-state index in [1.807, 2.05) is 12.1 Å². The highest BCUT2D eigenvalue weighted by molar-refractivity contribution is 9.10. The molecular formula is C31H37BrF5N3O. The van der Waals surface area contributed by atoms with E-state index >= 15 is 0 Å². The van der Waals surface area contributed by atoms with E-state index in [9.17, 15) is 26.7 Å². The van der Waals surface area contributed by atoms with Gasteiger partial charge in [0.1, 0.15) is 11.6 Å². The van der Waals surface area contributed by atoms with Gasteiger partial charge in [0.15, 0.2) is 0 Å². The Labute approximate surface area is 247 Å². The van der Waals surface area contributed by atoms with Gasteiger partial charge in [0.2, 0.25) is 0 Å². The van der Waals surface area contributed by atoms with E-state index < -0.39 is 23.4 Å². The monoisotopic (exact) mass is 641 g/mol. The number of amides is 1. The molecule has 3 rings (SSSR count). The summed E-state index contributed by atoms with van der Waals surface area (Å²) in [5.41, 5.74) is 2.22. The number of carbonyl (C=O) groups excluding carboxylic acids is 1. The van der Waals surface area contributed by atoms with E-state index in [-0.39, 0.29) is 5.91 Å². The lowest BCUT2D eigenvalue weighted by Crippen LogP contribution is -2.27. The van der Waals surface area contributed by atoms with Gasteiger partial charge >= 0.3 is 6.18 Å². The molecule has 0 aliphatic rings. The summed E-state index contributed by atoms with van der Waals surface area (Å²) in [4.78, 5) is 14.8. The zero-order valence-electron chi connectivity index (χ0n) is 23.6. The molecule has 10 heteroatoms. The van der Waals surface area contributed by atoms with E-state index in [4.69, 9.17) is 0 Å². The van der Waals surface area contributed by atoms with Crippen molar-refractivity contribution in [3.8, 4) is 0 Å². The zero-order chi connectivity index (χ0) is 30.4. The highest BCUT2D eigenvalue weighted by Crippen LogP contribution is 2.29. The second-order valence-corrected chi connectivity index (χ2v) is 10.8. The highest BCUT2D eigenvalue weighted by Gasteiger charge is 2.30. The SMILES string of the molecule is CCCCN(C)Cc1cc(Br)cc(C(=O)NCCCNCc2cccc(C(F)(F)F)c2)c1.Cc1cc(F)cc(F)c1. The lowest BCUT2D eigenvalue weighted by molar-refractivity contribution is -0.137. The molecule has 3 aromatic carbocycles. The van der Waals surface area contributed by atoms with Gasteiger partial charge < -0.3 is 15.5 Å². The third-order valence-electron chi connectivity index (χ3n) is 5.97. The lowest BCUT2D eigenvalue weighted by Gasteiger charge is -2.17. The van der Waals surface area contributed by atoms with Crippen molar-refractivity contribution in [1.82, 2.24) is 15.5 Å². The van der Waals surface area contributed by atoms with Crippen LogP contribution < -0.4 is 10.6 Å². The van der Waals surface area contributed by atoms with Crippen LogP contribution in [-0.2, 0) is 19.3 Å². The summed E-state index contributed by atoms with van der Waals surface area (Å²) in [6, 6.07) is 14.4. The van der Waals surface area contributed by atoms with Crippen LogP contribution in [0.25, 0.3) is 0 Å². The molecule has 0 saturated heterocycles. The van der Waals surface area contributed by atoms with Crippen molar-refractivity contribution in [2.24, 2.45) is 0 Å². The first kappa shape index (κ1) is 34.4. The molecule has 4 nitrogen and oxygen atoms in total. The van der Waals surface area contributed by atoms with Crippen LogP contribution in [0.1, 0.15) is 58.8 Å². The Morgan fingerprint density at radius 3 is 2.27 bits per heavy atom. The first-order valence-corrected chi connectivity index (χ1v) is 14.2. The summed E-state index contributed by atoms with van der Waals surface area (Å²) in [5, 5.41) is 6.03. The number of carbonyl (C=O) groups is 1. The zero-order valence-corrected chi connectivity index (χ0v) is 25.1. The molecule has 0 atom stereocenters. The minimum absolute atomic E-state index is 0.137. The molecule has 2 N–H and O–H groups in total. The number of alkyl halides is 3. The van der Waals surface area contributed by atoms with Crippen LogP contribution in [0.2, 0.25) is 0 Å². The molecule has 0 bridgehead atoms. The molecule has 1 amide bonds. The maximum Gasteiger partial charge on any atom is 0.416 e. The maximum atomic E-state index is 12.8. The number of rotatable bonds is 12. The van der Waals surface area contributed by atoms with Crippen LogP contribution in [-0.4, -0.2) is 37.5 Å². The van der Waals surface area contributed by atoms with Crippen LogP contribution in [0.4, 0.5) is 22.0 Å². The second kappa shape index (κ2) is 17.2. The van der Waals surface area contributed by atoms with Crippen molar-refractivity contribution in [2.75, 3.05) is 26.7 Å². The van der Waals surface area contributed by atoms with Crippen molar-refractivity contribution in [1.29, 1.82) is 0 Å². The molecule has 0 fully saturated rings. The minimum Gasteiger partial charge on any atom is -0.352 e. The number of nitrogens with zero attached hydrogens (tertiary/aromatic N) is 1. The summed E-state index contributed by atoms with van der Waals surface area (Å²) in [7, 11) is 2.07. The molecule has 0 radical (unpaired) electrons. The average molecular weight is 643 g/mol. The lowest BCUT2D eigenvalue weighted by atomic mass is 10.1. The Bertz CT molecular complexity index is 1200. The topological polar surface area (TPSA) is 44.4 Å². The van der Waals surface area contributed by atoms with Crippen LogP contribution in [0.3, 0.4) is 0 Å². The number of halogens is 6. The standard InChI is InChI=1S/C24H31BrF3N3O.C7H6F2/c1-3-4-11-31(2)17-19-12-20(15-22(25)14-19)23(32)30-10-6-9-29-16-18-7-5-8-21(13-18)24(26,27)28;1-5-2-6(8)4-7(9)3-5/h5,7-8,12-15,29H,3-4,6,9-11,16-17H2,1-2H3,(H,30,32);2-4H,1H3. The number of hydrogen-bond acceptors (Lipinski definition) is 3. The first-order valence-electron chi connectivity index (χ1n) is 13.4. The Kier molecular flexibility index (Phi) is 14.4. The first-order chi connectivity index (χ1) is 19.4. The molecule has 0 saturated carbocycles. The molecular weight excluding hydrogens is 605 g/mol. The molecule has 0 unspecified atom stereocenters. The minimum atomic E-state index is -4.34. The predicted molar refractivity (Wildman–Crippen MR) is 157 cm³/mol. The number of unbranched alkanes of at least 4 members (excludes halogenated alkanes) is 1. The largest absolute Gasteiger partial charge is 0.416 e. The van der Waals surface area contributed by atoms with Crippen LogP contribution >= 0.6 is 15.9 Å². The fourth-order valence-electron chi connectivity index (χ4n) is 3.99. The Morgan fingerprint density at radius 1 is 0.927 bits per heavy atom. The van der Waals surface area contributed by atoms with Crippen molar-refractivity contribution < 1.29 is 26.7 Å². The molecule has 0 aliphatic carbocycles. The van der Waals surface area contributed by atoms with E-state index in [0.717, 1.165) is 54.2 Å². The van der Waals surface area contributed by atoms with Crippen molar-refractivity contribution in [3.63, 3.8) is 0 Å². The predicted octanol–water partition coefficient (Wildman–Crippen LogP) is 7.88. The summed E-state index contributed by atoms with van der Waals surface area (Å²) in [5.74, 6) is -1.18. The van der Waals surface area contributed by atoms with Crippen LogP contribution in [0, 0.1) is 18.6 Å². The normalized spacial score (nSPS) is 11.3. The number of benzene rings is 3. The van der Waals surface area contributed by atoms with Crippen LogP contribution in [0.15, 0.2) is 65.1 Å². The Balaban J connectivity index is 0.000000553. The summed E-state index contributed by atoms with van der Waals surface area (Å²) in [6.45, 7) is 7.01. The molecule has 3 aromatic rings. The van der Waals surface area contributed by atoms with Gasteiger partial charge in [-0.25, -0.2) is 8.78 Å². The fraction of sp³-hybridized carbons (Fsp3) is 0.387. The van der Waals surface area contributed by atoms with Crippen molar-refractivity contribution >= 4 is 21.8 Å². The van der Waals surface area contributed by atoms with E-state index in [1.54, 1.807) is 19.1 Å². The van der Waals surface area contributed by atoms with Gasteiger partial charge in [-0.2, -0.15) is 13.2 Å². The molecule has 0 aromatic heterocycles. The van der Waals surface area contributed by atoms with Gasteiger partial charge in [-0.15, -0.1) is 0 Å². The summed E-state index contributed by atoms with van der Waals surface area (Å²) < 4.78 is 63.5. The molecule has 0 aliphatic heterocycles. The van der Waals surface area contributed by atoms with Crippen molar-refractivity contribution in [2.45, 2.75) is 52.4 Å². The average Bonchev–Trinajstić information content (AvgIpc) is 2.88. The molecule has 41 heavy (non-hydrogen) atoms. The summed E-state index contributed by atoms with van der Waals surface area (Å²) >= 11 is 3.49. The highest BCUT2D eigenvalue weighted by atomic mass is 79.9. The third kappa shape index (κ3) is 13.6. The van der Waals surface area contributed by atoms with Gasteiger partial charge in [0.05, 0.1) is 5.56 Å². The number of nitrogens with one attached hydrogen (secondary N) is 2. The quantitative estimate of drug-likeness (QED) is 0.156.